The molecule has 0 aliphatic rings. The summed E-state index contributed by atoms with van der Waals surface area (Å²) >= 11 is 0. The van der Waals surface area contributed by atoms with E-state index in [1.807, 2.05) is 67.6 Å². The number of benzene rings is 2. The van der Waals surface area contributed by atoms with Crippen LogP contribution in [0.4, 0.5) is 0 Å². The van der Waals surface area contributed by atoms with Crippen molar-refractivity contribution in [3.8, 4) is 11.3 Å². The average molecular weight is 405 g/mol. The van der Waals surface area contributed by atoms with E-state index < -0.39 is 11.9 Å². The third-order valence-electron chi connectivity index (χ3n) is 5.20. The average Bonchev–Trinajstić information content (AvgIpc) is 2.78. The number of hydrogen-bond acceptors (Lipinski definition) is 3. The number of hydrogen-bond donors (Lipinski definition) is 2. The van der Waals surface area contributed by atoms with E-state index in [0.717, 1.165) is 35.2 Å². The van der Waals surface area contributed by atoms with E-state index in [1.54, 1.807) is 10.6 Å². The van der Waals surface area contributed by atoms with Crippen molar-refractivity contribution in [2.75, 3.05) is 6.61 Å². The molecular formula is C25H28N2O3. The summed E-state index contributed by atoms with van der Waals surface area (Å²) < 4.78 is 1.71. The molecule has 1 unspecified atom stereocenters. The number of nitrogens with one attached hydrogen (secondary N) is 1. The number of aliphatic hydroxyl groups excluding tert-OH is 1. The van der Waals surface area contributed by atoms with Crippen molar-refractivity contribution in [2.45, 2.75) is 39.3 Å². The molecule has 0 fully saturated rings. The van der Waals surface area contributed by atoms with Gasteiger partial charge in [-0.2, -0.15) is 0 Å². The van der Waals surface area contributed by atoms with Gasteiger partial charge < -0.3 is 15.0 Å². The first-order valence-electron chi connectivity index (χ1n) is 10.3. The minimum Gasteiger partial charge on any atom is -0.394 e. The van der Waals surface area contributed by atoms with Gasteiger partial charge in [0.1, 0.15) is 5.56 Å². The van der Waals surface area contributed by atoms with Crippen LogP contribution < -0.4 is 10.9 Å². The second kappa shape index (κ2) is 10.0. The molecule has 0 saturated carbocycles. The lowest BCUT2D eigenvalue weighted by molar-refractivity contribution is 0.0914. The number of unbranched alkanes of at least 4 members (excludes halogenated alkanes) is 1. The smallest absolute Gasteiger partial charge is 0.263 e. The lowest BCUT2D eigenvalue weighted by Gasteiger charge is -2.20. The molecule has 3 rings (SSSR count). The van der Waals surface area contributed by atoms with E-state index in [-0.39, 0.29) is 17.7 Å². The summed E-state index contributed by atoms with van der Waals surface area (Å²) in [5, 5.41) is 12.6. The third-order valence-corrected chi connectivity index (χ3v) is 5.20. The van der Waals surface area contributed by atoms with E-state index in [4.69, 9.17) is 0 Å². The molecule has 1 amide bonds. The number of aryl methyl sites for hydroxylation is 1. The Labute approximate surface area is 177 Å². The molecule has 5 heteroatoms. The van der Waals surface area contributed by atoms with Crippen LogP contribution >= 0.6 is 0 Å². The van der Waals surface area contributed by atoms with Crippen LogP contribution in [0.15, 0.2) is 71.5 Å². The molecule has 0 saturated heterocycles. The predicted molar refractivity (Wildman–Crippen MR) is 120 cm³/mol. The largest absolute Gasteiger partial charge is 0.394 e. The predicted octanol–water partition coefficient (Wildman–Crippen LogP) is 4.09. The molecule has 0 bridgehead atoms. The Hall–Kier alpha value is -3.18. The Balaban J connectivity index is 2.02. The zero-order valence-corrected chi connectivity index (χ0v) is 17.5. The number of amides is 1. The molecule has 1 aromatic heterocycles. The SMILES string of the molecule is CCCCn1c(-c2ccccc2)c(C)cc(C(=O)NC(CO)c2ccccc2)c1=O. The zero-order chi connectivity index (χ0) is 21.5. The molecule has 3 aromatic rings. The maximum Gasteiger partial charge on any atom is 0.263 e. The van der Waals surface area contributed by atoms with Crippen LogP contribution in [0.1, 0.15) is 47.3 Å². The van der Waals surface area contributed by atoms with Gasteiger partial charge in [-0.25, -0.2) is 0 Å². The lowest BCUT2D eigenvalue weighted by atomic mass is 10.0. The van der Waals surface area contributed by atoms with Gasteiger partial charge in [0.2, 0.25) is 0 Å². The number of nitrogens with zero attached hydrogens (tertiary/aromatic N) is 1. The van der Waals surface area contributed by atoms with E-state index in [9.17, 15) is 14.7 Å². The van der Waals surface area contributed by atoms with E-state index >= 15 is 0 Å². The zero-order valence-electron chi connectivity index (χ0n) is 17.5. The highest BCUT2D eigenvalue weighted by atomic mass is 16.3. The van der Waals surface area contributed by atoms with E-state index in [1.165, 1.54) is 0 Å². The first kappa shape index (κ1) is 21.5. The van der Waals surface area contributed by atoms with Gasteiger partial charge in [-0.3, -0.25) is 9.59 Å². The van der Waals surface area contributed by atoms with Crippen LogP contribution in [-0.4, -0.2) is 22.2 Å². The first-order chi connectivity index (χ1) is 14.6. The first-order valence-corrected chi connectivity index (χ1v) is 10.3. The summed E-state index contributed by atoms with van der Waals surface area (Å²) in [5.41, 5.74) is 3.23. The fourth-order valence-corrected chi connectivity index (χ4v) is 3.63. The van der Waals surface area contributed by atoms with Crippen molar-refractivity contribution in [2.24, 2.45) is 0 Å². The van der Waals surface area contributed by atoms with Gasteiger partial charge in [-0.15, -0.1) is 0 Å². The Morgan fingerprint density at radius 2 is 1.70 bits per heavy atom. The highest BCUT2D eigenvalue weighted by molar-refractivity contribution is 5.94. The van der Waals surface area contributed by atoms with Gasteiger partial charge in [0, 0.05) is 6.54 Å². The molecule has 30 heavy (non-hydrogen) atoms. The van der Waals surface area contributed by atoms with Crippen LogP contribution in [0.2, 0.25) is 0 Å². The Morgan fingerprint density at radius 1 is 1.07 bits per heavy atom. The number of aliphatic hydroxyl groups is 1. The number of aromatic nitrogens is 1. The Bertz CT molecular complexity index is 1040. The van der Waals surface area contributed by atoms with Crippen LogP contribution in [0.5, 0.6) is 0 Å². The molecule has 5 nitrogen and oxygen atoms in total. The minimum absolute atomic E-state index is 0.0951. The molecule has 2 N–H and O–H groups in total. The highest BCUT2D eigenvalue weighted by Crippen LogP contribution is 2.23. The van der Waals surface area contributed by atoms with Gasteiger partial charge >= 0.3 is 0 Å². The van der Waals surface area contributed by atoms with Crippen LogP contribution in [0, 0.1) is 6.92 Å². The number of pyridine rings is 1. The van der Waals surface area contributed by atoms with Crippen molar-refractivity contribution in [3.63, 3.8) is 0 Å². The van der Waals surface area contributed by atoms with Crippen LogP contribution in [0.3, 0.4) is 0 Å². The fourth-order valence-electron chi connectivity index (χ4n) is 3.63. The summed E-state index contributed by atoms with van der Waals surface area (Å²) in [7, 11) is 0. The monoisotopic (exact) mass is 404 g/mol. The standard InChI is InChI=1S/C25H28N2O3/c1-3-4-15-27-23(20-13-9-6-10-14-20)18(2)16-21(25(27)30)24(29)26-22(17-28)19-11-7-5-8-12-19/h5-14,16,22,28H,3-4,15,17H2,1-2H3,(H,26,29). The summed E-state index contributed by atoms with van der Waals surface area (Å²) in [6, 6.07) is 20.1. The molecule has 0 aliphatic heterocycles. The van der Waals surface area contributed by atoms with Gasteiger partial charge in [0.25, 0.3) is 11.5 Å². The van der Waals surface area contributed by atoms with Crippen LogP contribution in [0.25, 0.3) is 11.3 Å². The fraction of sp³-hybridized carbons (Fsp3) is 0.280. The van der Waals surface area contributed by atoms with Gasteiger partial charge in [-0.1, -0.05) is 74.0 Å². The Kier molecular flexibility index (Phi) is 7.20. The van der Waals surface area contributed by atoms with E-state index in [0.29, 0.717) is 6.54 Å². The van der Waals surface area contributed by atoms with Crippen molar-refractivity contribution in [1.82, 2.24) is 9.88 Å². The lowest BCUT2D eigenvalue weighted by Crippen LogP contribution is -2.37. The molecule has 0 spiro atoms. The molecule has 1 atom stereocenters. The van der Waals surface area contributed by atoms with Gasteiger partial charge in [-0.05, 0) is 36.1 Å². The van der Waals surface area contributed by atoms with Gasteiger partial charge in [0.15, 0.2) is 0 Å². The summed E-state index contributed by atoms with van der Waals surface area (Å²) in [6.45, 7) is 4.29. The van der Waals surface area contributed by atoms with Crippen molar-refractivity contribution in [3.05, 3.63) is 93.8 Å². The normalized spacial score (nSPS) is 11.8. The summed E-state index contributed by atoms with van der Waals surface area (Å²) in [6.07, 6.45) is 1.78. The van der Waals surface area contributed by atoms with Crippen molar-refractivity contribution in [1.29, 1.82) is 0 Å². The molecule has 0 radical (unpaired) electrons. The maximum atomic E-state index is 13.3. The van der Waals surface area contributed by atoms with Crippen molar-refractivity contribution >= 4 is 5.91 Å². The molecular weight excluding hydrogens is 376 g/mol. The highest BCUT2D eigenvalue weighted by Gasteiger charge is 2.21. The number of carbonyl (C=O) groups is 1. The molecule has 0 aliphatic carbocycles. The maximum absolute atomic E-state index is 13.3. The molecule has 2 aromatic carbocycles. The second-order valence-electron chi connectivity index (χ2n) is 7.39. The third kappa shape index (κ3) is 4.69. The summed E-state index contributed by atoms with van der Waals surface area (Å²) in [5.74, 6) is -0.476. The molecule has 156 valence electrons. The topological polar surface area (TPSA) is 71.3 Å². The van der Waals surface area contributed by atoms with Gasteiger partial charge in [0.05, 0.1) is 18.3 Å². The second-order valence-corrected chi connectivity index (χ2v) is 7.39. The summed E-state index contributed by atoms with van der Waals surface area (Å²) in [4.78, 5) is 26.3. The van der Waals surface area contributed by atoms with E-state index in [2.05, 4.69) is 12.2 Å². The number of carbonyl (C=O) groups excluding carboxylic acids is 1. The number of rotatable bonds is 8. The Morgan fingerprint density at radius 3 is 2.30 bits per heavy atom. The van der Waals surface area contributed by atoms with Crippen molar-refractivity contribution < 1.29 is 9.90 Å². The van der Waals surface area contributed by atoms with Crippen LogP contribution in [-0.2, 0) is 6.54 Å². The minimum atomic E-state index is -0.573. The molecule has 1 heterocycles. The quantitative estimate of drug-likeness (QED) is 0.594.